The van der Waals surface area contributed by atoms with E-state index in [0.29, 0.717) is 41.9 Å². The molecule has 1 fully saturated rings. The van der Waals surface area contributed by atoms with Gasteiger partial charge in [0.15, 0.2) is 0 Å². The van der Waals surface area contributed by atoms with Gasteiger partial charge in [-0.25, -0.2) is 8.42 Å². The zero-order chi connectivity index (χ0) is 21.0. The molecule has 9 heteroatoms. The van der Waals surface area contributed by atoms with E-state index >= 15 is 0 Å². The molecule has 0 bridgehead atoms. The van der Waals surface area contributed by atoms with Crippen molar-refractivity contribution in [3.63, 3.8) is 0 Å². The number of carbonyl (C=O) groups excluding carboxylic acids is 1. The minimum absolute atomic E-state index is 0.0167. The molecule has 0 radical (unpaired) electrons. The van der Waals surface area contributed by atoms with Gasteiger partial charge in [0.25, 0.3) is 0 Å². The number of hydrogen-bond donors (Lipinski definition) is 1. The maximum atomic E-state index is 12.7. The second-order valence-electron chi connectivity index (χ2n) is 6.94. The van der Waals surface area contributed by atoms with Gasteiger partial charge in [0, 0.05) is 26.2 Å². The molecule has 0 aliphatic carbocycles. The minimum Gasteiger partial charge on any atom is -0.323 e. The number of nitrogens with zero attached hydrogens (tertiary/aromatic N) is 2. The summed E-state index contributed by atoms with van der Waals surface area (Å²) in [5, 5.41) is 3.46. The van der Waals surface area contributed by atoms with Gasteiger partial charge in [0.2, 0.25) is 15.9 Å². The van der Waals surface area contributed by atoms with E-state index in [1.54, 1.807) is 37.3 Å². The fourth-order valence-electron chi connectivity index (χ4n) is 3.25. The number of sulfonamides is 1. The molecule has 1 amide bonds. The van der Waals surface area contributed by atoms with Crippen molar-refractivity contribution < 1.29 is 13.2 Å². The van der Waals surface area contributed by atoms with Gasteiger partial charge in [-0.3, -0.25) is 9.69 Å². The first-order valence-corrected chi connectivity index (χ1v) is 11.6. The summed E-state index contributed by atoms with van der Waals surface area (Å²) in [6.07, 6.45) is 0. The van der Waals surface area contributed by atoms with Crippen LogP contribution in [0.25, 0.3) is 0 Å². The van der Waals surface area contributed by atoms with Gasteiger partial charge in [-0.15, -0.1) is 0 Å². The summed E-state index contributed by atoms with van der Waals surface area (Å²) in [7, 11) is -3.39. The van der Waals surface area contributed by atoms with Gasteiger partial charge in [-0.05, 0) is 24.6 Å². The van der Waals surface area contributed by atoms with Crippen LogP contribution >= 0.6 is 23.2 Å². The second kappa shape index (κ2) is 9.45. The number of nitrogens with one attached hydrogen (secondary N) is 1. The number of halogens is 2. The van der Waals surface area contributed by atoms with Crippen LogP contribution in [0.2, 0.25) is 10.0 Å². The average Bonchev–Trinajstić information content (AvgIpc) is 2.71. The topological polar surface area (TPSA) is 69.7 Å². The minimum atomic E-state index is -3.39. The summed E-state index contributed by atoms with van der Waals surface area (Å²) in [4.78, 5) is 14.6. The molecule has 0 spiro atoms. The van der Waals surface area contributed by atoms with Crippen molar-refractivity contribution in [3.05, 3.63) is 64.1 Å². The van der Waals surface area contributed by atoms with E-state index in [2.05, 4.69) is 5.32 Å². The summed E-state index contributed by atoms with van der Waals surface area (Å²) < 4.78 is 26.8. The number of anilines is 1. The maximum Gasteiger partial charge on any atom is 0.241 e. The Kier molecular flexibility index (Phi) is 7.19. The Morgan fingerprint density at radius 1 is 1.03 bits per heavy atom. The summed E-state index contributed by atoms with van der Waals surface area (Å²) in [6, 6.07) is 13.8. The van der Waals surface area contributed by atoms with Gasteiger partial charge in [-0.2, -0.15) is 4.31 Å². The van der Waals surface area contributed by atoms with E-state index in [0.717, 1.165) is 5.56 Å². The van der Waals surface area contributed by atoms with E-state index in [1.165, 1.54) is 4.31 Å². The molecule has 1 atom stereocenters. The highest BCUT2D eigenvalue weighted by atomic mass is 35.5. The van der Waals surface area contributed by atoms with E-state index < -0.39 is 16.1 Å². The van der Waals surface area contributed by atoms with Gasteiger partial charge >= 0.3 is 0 Å². The Bertz CT molecular complexity index is 962. The zero-order valence-corrected chi connectivity index (χ0v) is 18.3. The number of rotatable bonds is 6. The van der Waals surface area contributed by atoms with Gasteiger partial charge < -0.3 is 5.32 Å². The molecule has 2 aromatic rings. The SMILES string of the molecule is C[C@@H](C(=O)Nc1cccc(Cl)c1Cl)N1CCN(S(=O)(=O)Cc2ccccc2)CC1. The van der Waals surface area contributed by atoms with Crippen LogP contribution in [-0.4, -0.2) is 55.8 Å². The van der Waals surface area contributed by atoms with Crippen molar-refractivity contribution in [3.8, 4) is 0 Å². The monoisotopic (exact) mass is 455 g/mol. The summed E-state index contributed by atoms with van der Waals surface area (Å²) in [5.41, 5.74) is 1.22. The lowest BCUT2D eigenvalue weighted by molar-refractivity contribution is -0.121. The van der Waals surface area contributed by atoms with Gasteiger partial charge in [0.1, 0.15) is 0 Å². The molecule has 0 saturated carbocycles. The molecule has 29 heavy (non-hydrogen) atoms. The van der Waals surface area contributed by atoms with Crippen LogP contribution in [-0.2, 0) is 20.6 Å². The first-order valence-electron chi connectivity index (χ1n) is 9.28. The van der Waals surface area contributed by atoms with Crippen LogP contribution < -0.4 is 5.32 Å². The second-order valence-corrected chi connectivity index (χ2v) is 9.70. The van der Waals surface area contributed by atoms with Crippen LogP contribution in [0.4, 0.5) is 5.69 Å². The molecule has 1 aliphatic rings. The standard InChI is InChI=1S/C20H23Cl2N3O3S/c1-15(20(26)23-18-9-5-8-17(21)19(18)22)24-10-12-25(13-11-24)29(27,28)14-16-6-3-2-4-7-16/h2-9,15H,10-14H2,1H3,(H,23,26)/t15-/m0/s1. The molecule has 6 nitrogen and oxygen atoms in total. The predicted molar refractivity (Wildman–Crippen MR) is 117 cm³/mol. The number of piperazine rings is 1. The fourth-order valence-corrected chi connectivity index (χ4v) is 5.11. The third-order valence-corrected chi connectivity index (χ3v) is 7.66. The van der Waals surface area contributed by atoms with E-state index in [1.807, 2.05) is 23.1 Å². The predicted octanol–water partition coefficient (Wildman–Crippen LogP) is 3.47. The van der Waals surface area contributed by atoms with E-state index in [-0.39, 0.29) is 11.7 Å². The van der Waals surface area contributed by atoms with Crippen molar-refractivity contribution in [2.45, 2.75) is 18.7 Å². The normalized spacial score (nSPS) is 17.1. The summed E-state index contributed by atoms with van der Waals surface area (Å²) in [6.45, 7) is 3.45. The molecule has 1 aliphatic heterocycles. The molecule has 0 aromatic heterocycles. The molecular weight excluding hydrogens is 433 g/mol. The highest BCUT2D eigenvalue weighted by Gasteiger charge is 2.31. The zero-order valence-electron chi connectivity index (χ0n) is 16.0. The molecule has 1 N–H and O–H groups in total. The molecule has 2 aromatic carbocycles. The Morgan fingerprint density at radius 2 is 1.69 bits per heavy atom. The fraction of sp³-hybridized carbons (Fsp3) is 0.350. The maximum absolute atomic E-state index is 12.7. The largest absolute Gasteiger partial charge is 0.323 e. The Morgan fingerprint density at radius 3 is 2.34 bits per heavy atom. The van der Waals surface area contributed by atoms with Crippen molar-refractivity contribution in [1.29, 1.82) is 0 Å². The lowest BCUT2D eigenvalue weighted by atomic mass is 10.2. The van der Waals surface area contributed by atoms with Crippen LogP contribution in [0.3, 0.4) is 0 Å². The third kappa shape index (κ3) is 5.49. The summed E-state index contributed by atoms with van der Waals surface area (Å²) in [5.74, 6) is -0.230. The van der Waals surface area contributed by atoms with Crippen molar-refractivity contribution in [2.24, 2.45) is 0 Å². The van der Waals surface area contributed by atoms with Crippen LogP contribution in [0.15, 0.2) is 48.5 Å². The Hall–Kier alpha value is -1.64. The average molecular weight is 456 g/mol. The molecule has 1 saturated heterocycles. The molecule has 0 unspecified atom stereocenters. The Labute approximate surface area is 181 Å². The first kappa shape index (κ1) is 22.1. The van der Waals surface area contributed by atoms with E-state index in [9.17, 15) is 13.2 Å². The quantitative estimate of drug-likeness (QED) is 0.723. The van der Waals surface area contributed by atoms with Crippen LogP contribution in [0.1, 0.15) is 12.5 Å². The van der Waals surface area contributed by atoms with Crippen molar-refractivity contribution in [1.82, 2.24) is 9.21 Å². The van der Waals surface area contributed by atoms with Gasteiger partial charge in [0.05, 0.1) is 27.5 Å². The van der Waals surface area contributed by atoms with E-state index in [4.69, 9.17) is 23.2 Å². The number of benzene rings is 2. The number of hydrogen-bond acceptors (Lipinski definition) is 4. The highest BCUT2D eigenvalue weighted by Crippen LogP contribution is 2.29. The molecule has 156 valence electrons. The lowest BCUT2D eigenvalue weighted by Crippen LogP contribution is -2.54. The van der Waals surface area contributed by atoms with Gasteiger partial charge in [-0.1, -0.05) is 59.6 Å². The number of amides is 1. The van der Waals surface area contributed by atoms with Crippen molar-refractivity contribution >= 4 is 44.8 Å². The smallest absolute Gasteiger partial charge is 0.241 e. The van der Waals surface area contributed by atoms with Crippen LogP contribution in [0, 0.1) is 0 Å². The Balaban J connectivity index is 1.57. The molecular formula is C20H23Cl2N3O3S. The third-order valence-electron chi connectivity index (χ3n) is 5.00. The van der Waals surface area contributed by atoms with Crippen LogP contribution in [0.5, 0.6) is 0 Å². The highest BCUT2D eigenvalue weighted by molar-refractivity contribution is 7.88. The lowest BCUT2D eigenvalue weighted by Gasteiger charge is -2.36. The molecule has 3 rings (SSSR count). The first-order chi connectivity index (χ1) is 13.8. The number of carbonyl (C=O) groups is 1. The van der Waals surface area contributed by atoms with Crippen molar-refractivity contribution in [2.75, 3.05) is 31.5 Å². The summed E-state index contributed by atoms with van der Waals surface area (Å²) >= 11 is 12.1. The molecule has 1 heterocycles.